The standard InChI is InChI=1S/C18H23N3O3/c1-21-13(11-12-19-21)7-10-17(22)20-15-8-9-16(18(15)23)24-14-5-3-2-4-6-14/h2-6,11-12,15-16,18,23H,7-10H2,1H3,(H,20,22)/t15-,16-,18-/m1/s1. The maximum absolute atomic E-state index is 12.1. The number of carbonyl (C=O) groups is 1. The lowest BCUT2D eigenvalue weighted by Gasteiger charge is -2.21. The van der Waals surface area contributed by atoms with Crippen molar-refractivity contribution in [2.24, 2.45) is 7.05 Å². The molecular formula is C18H23N3O3. The summed E-state index contributed by atoms with van der Waals surface area (Å²) in [5.74, 6) is 0.686. The minimum absolute atomic E-state index is 0.0550. The Hall–Kier alpha value is -2.34. The highest BCUT2D eigenvalue weighted by atomic mass is 16.5. The van der Waals surface area contributed by atoms with E-state index in [4.69, 9.17) is 4.74 Å². The van der Waals surface area contributed by atoms with E-state index < -0.39 is 6.10 Å². The molecule has 1 fully saturated rings. The molecule has 0 radical (unpaired) electrons. The predicted molar refractivity (Wildman–Crippen MR) is 89.6 cm³/mol. The third kappa shape index (κ3) is 3.94. The number of amides is 1. The highest BCUT2D eigenvalue weighted by Gasteiger charge is 2.37. The molecule has 2 N–H and O–H groups in total. The highest BCUT2D eigenvalue weighted by molar-refractivity contribution is 5.76. The van der Waals surface area contributed by atoms with Crippen molar-refractivity contribution in [2.75, 3.05) is 0 Å². The van der Waals surface area contributed by atoms with Crippen LogP contribution in [0.4, 0.5) is 0 Å². The summed E-state index contributed by atoms with van der Waals surface area (Å²) in [6.45, 7) is 0. The molecule has 1 saturated carbocycles. The van der Waals surface area contributed by atoms with Gasteiger partial charge in [0.1, 0.15) is 18.0 Å². The average molecular weight is 329 g/mol. The van der Waals surface area contributed by atoms with Gasteiger partial charge in [-0.3, -0.25) is 9.48 Å². The average Bonchev–Trinajstić information content (AvgIpc) is 3.14. The van der Waals surface area contributed by atoms with Crippen LogP contribution >= 0.6 is 0 Å². The molecule has 1 aromatic carbocycles. The predicted octanol–water partition coefficient (Wildman–Crippen LogP) is 1.44. The lowest BCUT2D eigenvalue weighted by atomic mass is 10.1. The number of carbonyl (C=O) groups excluding carboxylic acids is 1. The number of para-hydroxylation sites is 1. The molecule has 24 heavy (non-hydrogen) atoms. The fourth-order valence-electron chi connectivity index (χ4n) is 3.07. The van der Waals surface area contributed by atoms with Gasteiger partial charge in [-0.25, -0.2) is 0 Å². The number of ether oxygens (including phenoxy) is 1. The van der Waals surface area contributed by atoms with Gasteiger partial charge < -0.3 is 15.2 Å². The summed E-state index contributed by atoms with van der Waals surface area (Å²) in [5.41, 5.74) is 1.02. The van der Waals surface area contributed by atoms with Gasteiger partial charge >= 0.3 is 0 Å². The van der Waals surface area contributed by atoms with Gasteiger partial charge in [0.05, 0.1) is 6.04 Å². The van der Waals surface area contributed by atoms with E-state index in [1.807, 2.05) is 43.4 Å². The molecule has 2 aromatic rings. The van der Waals surface area contributed by atoms with Gasteiger partial charge in [-0.05, 0) is 37.5 Å². The highest BCUT2D eigenvalue weighted by Crippen LogP contribution is 2.25. The number of hydrogen-bond acceptors (Lipinski definition) is 4. The number of benzene rings is 1. The first-order chi connectivity index (χ1) is 11.6. The minimum Gasteiger partial charge on any atom is -0.488 e. The molecule has 1 aromatic heterocycles. The van der Waals surface area contributed by atoms with Crippen LogP contribution < -0.4 is 10.1 Å². The summed E-state index contributed by atoms with van der Waals surface area (Å²) in [6, 6.07) is 11.1. The summed E-state index contributed by atoms with van der Waals surface area (Å²) in [6.07, 6.45) is 3.21. The summed E-state index contributed by atoms with van der Waals surface area (Å²) >= 11 is 0. The molecule has 1 amide bonds. The number of aliphatic hydroxyl groups is 1. The van der Waals surface area contributed by atoms with Crippen molar-refractivity contribution in [1.29, 1.82) is 0 Å². The third-order valence-corrected chi connectivity index (χ3v) is 4.46. The molecule has 0 bridgehead atoms. The summed E-state index contributed by atoms with van der Waals surface area (Å²) in [7, 11) is 1.86. The maximum Gasteiger partial charge on any atom is 0.220 e. The van der Waals surface area contributed by atoms with E-state index in [0.29, 0.717) is 12.8 Å². The van der Waals surface area contributed by atoms with E-state index in [1.165, 1.54) is 0 Å². The van der Waals surface area contributed by atoms with Gasteiger partial charge in [0, 0.05) is 25.4 Å². The quantitative estimate of drug-likeness (QED) is 0.841. The monoisotopic (exact) mass is 329 g/mol. The van der Waals surface area contributed by atoms with E-state index in [9.17, 15) is 9.90 Å². The van der Waals surface area contributed by atoms with Crippen molar-refractivity contribution in [1.82, 2.24) is 15.1 Å². The largest absolute Gasteiger partial charge is 0.488 e. The van der Waals surface area contributed by atoms with Crippen LogP contribution in [0, 0.1) is 0 Å². The van der Waals surface area contributed by atoms with E-state index >= 15 is 0 Å². The van der Waals surface area contributed by atoms with Crippen LogP contribution in [-0.4, -0.2) is 39.0 Å². The van der Waals surface area contributed by atoms with Crippen LogP contribution in [0.2, 0.25) is 0 Å². The zero-order chi connectivity index (χ0) is 16.9. The van der Waals surface area contributed by atoms with Crippen LogP contribution in [0.15, 0.2) is 42.6 Å². The first-order valence-corrected chi connectivity index (χ1v) is 8.29. The molecule has 1 heterocycles. The Bertz CT molecular complexity index is 671. The molecule has 0 saturated heterocycles. The van der Waals surface area contributed by atoms with E-state index in [2.05, 4.69) is 10.4 Å². The van der Waals surface area contributed by atoms with Crippen molar-refractivity contribution in [3.05, 3.63) is 48.3 Å². The molecule has 6 heteroatoms. The minimum atomic E-state index is -0.689. The Morgan fingerprint density at radius 3 is 2.83 bits per heavy atom. The molecule has 3 rings (SSSR count). The van der Waals surface area contributed by atoms with Gasteiger partial charge in [-0.1, -0.05) is 18.2 Å². The Kier molecular flexibility index (Phi) is 5.15. The number of nitrogens with one attached hydrogen (secondary N) is 1. The summed E-state index contributed by atoms with van der Waals surface area (Å²) in [5, 5.41) is 17.4. The molecule has 0 aliphatic heterocycles. The molecule has 0 unspecified atom stereocenters. The van der Waals surface area contributed by atoms with Crippen LogP contribution in [0.3, 0.4) is 0 Å². The van der Waals surface area contributed by atoms with Gasteiger partial charge in [-0.2, -0.15) is 5.10 Å². The molecule has 3 atom stereocenters. The lowest BCUT2D eigenvalue weighted by Crippen LogP contribution is -2.44. The Labute approximate surface area is 141 Å². The molecular weight excluding hydrogens is 306 g/mol. The van der Waals surface area contributed by atoms with Crippen LogP contribution in [-0.2, 0) is 18.3 Å². The third-order valence-electron chi connectivity index (χ3n) is 4.46. The smallest absolute Gasteiger partial charge is 0.220 e. The molecule has 0 spiro atoms. The number of aromatic nitrogens is 2. The van der Waals surface area contributed by atoms with Gasteiger partial charge in [-0.15, -0.1) is 0 Å². The van der Waals surface area contributed by atoms with Crippen LogP contribution in [0.25, 0.3) is 0 Å². The second kappa shape index (κ2) is 7.49. The lowest BCUT2D eigenvalue weighted by molar-refractivity contribution is -0.122. The van der Waals surface area contributed by atoms with Crippen molar-refractivity contribution < 1.29 is 14.6 Å². The molecule has 1 aliphatic carbocycles. The van der Waals surface area contributed by atoms with Crippen molar-refractivity contribution >= 4 is 5.91 Å². The SMILES string of the molecule is Cn1nccc1CCC(=O)N[C@@H]1CC[C@@H](Oc2ccccc2)[C@@H]1O. The first kappa shape index (κ1) is 16.5. The Morgan fingerprint density at radius 2 is 2.12 bits per heavy atom. The second-order valence-electron chi connectivity index (χ2n) is 6.16. The van der Waals surface area contributed by atoms with Crippen molar-refractivity contribution in [3.63, 3.8) is 0 Å². The van der Waals surface area contributed by atoms with E-state index in [1.54, 1.807) is 10.9 Å². The number of nitrogens with zero attached hydrogens (tertiary/aromatic N) is 2. The fraction of sp³-hybridized carbons (Fsp3) is 0.444. The first-order valence-electron chi connectivity index (χ1n) is 8.29. The van der Waals surface area contributed by atoms with Crippen molar-refractivity contribution in [3.8, 4) is 5.75 Å². The van der Waals surface area contributed by atoms with Gasteiger partial charge in [0.15, 0.2) is 0 Å². The molecule has 128 valence electrons. The maximum atomic E-state index is 12.1. The van der Waals surface area contributed by atoms with Crippen LogP contribution in [0.1, 0.15) is 25.0 Å². The topological polar surface area (TPSA) is 76.4 Å². The summed E-state index contributed by atoms with van der Waals surface area (Å²) < 4.78 is 7.59. The zero-order valence-corrected chi connectivity index (χ0v) is 13.8. The zero-order valence-electron chi connectivity index (χ0n) is 13.8. The molecule has 1 aliphatic rings. The fourth-order valence-corrected chi connectivity index (χ4v) is 3.07. The number of hydrogen-bond donors (Lipinski definition) is 2. The van der Waals surface area contributed by atoms with E-state index in [-0.39, 0.29) is 18.1 Å². The summed E-state index contributed by atoms with van der Waals surface area (Å²) in [4.78, 5) is 12.1. The Morgan fingerprint density at radius 1 is 1.33 bits per heavy atom. The number of aryl methyl sites for hydroxylation is 2. The van der Waals surface area contributed by atoms with E-state index in [0.717, 1.165) is 24.3 Å². The normalized spacial score (nSPS) is 23.2. The van der Waals surface area contributed by atoms with Crippen molar-refractivity contribution in [2.45, 2.75) is 43.9 Å². The second-order valence-corrected chi connectivity index (χ2v) is 6.16. The number of aliphatic hydroxyl groups excluding tert-OH is 1. The number of rotatable bonds is 6. The molecule has 6 nitrogen and oxygen atoms in total. The van der Waals surface area contributed by atoms with Gasteiger partial charge in [0.25, 0.3) is 0 Å². The van der Waals surface area contributed by atoms with Crippen LogP contribution in [0.5, 0.6) is 5.75 Å². The Balaban J connectivity index is 1.47. The van der Waals surface area contributed by atoms with Gasteiger partial charge in [0.2, 0.25) is 5.91 Å².